The fraction of sp³-hybridized carbons (Fsp3) is 0.917. The summed E-state index contributed by atoms with van der Waals surface area (Å²) in [6.45, 7) is 6.46. The molecule has 0 aromatic rings. The molecule has 0 saturated carbocycles. The van der Waals surface area contributed by atoms with Crippen molar-refractivity contribution in [3.8, 4) is 0 Å². The molecule has 0 spiro atoms. The summed E-state index contributed by atoms with van der Waals surface area (Å²) in [4.78, 5) is 11.9. The van der Waals surface area contributed by atoms with E-state index in [-0.39, 0.29) is 11.9 Å². The number of sulfonamides is 1. The molecule has 0 bridgehead atoms. The van der Waals surface area contributed by atoms with Crippen LogP contribution in [0.3, 0.4) is 0 Å². The van der Waals surface area contributed by atoms with Crippen LogP contribution < -0.4 is 5.32 Å². The maximum absolute atomic E-state index is 11.9. The van der Waals surface area contributed by atoms with Crippen LogP contribution in [0.5, 0.6) is 0 Å². The molecule has 0 radical (unpaired) electrons. The van der Waals surface area contributed by atoms with Gasteiger partial charge in [-0.15, -0.1) is 0 Å². The summed E-state index contributed by atoms with van der Waals surface area (Å²) >= 11 is 0. The molecule has 1 fully saturated rings. The first kappa shape index (κ1) is 16.4. The van der Waals surface area contributed by atoms with Crippen LogP contribution in [0.2, 0.25) is 0 Å². The highest BCUT2D eigenvalue weighted by Crippen LogP contribution is 2.23. The van der Waals surface area contributed by atoms with Crippen LogP contribution in [-0.2, 0) is 19.6 Å². The molecule has 7 heteroatoms. The van der Waals surface area contributed by atoms with E-state index in [4.69, 9.17) is 4.74 Å². The van der Waals surface area contributed by atoms with Crippen LogP contribution >= 0.6 is 0 Å². The molecule has 1 heterocycles. The normalized spacial score (nSPS) is 24.7. The average molecular weight is 292 g/mol. The Morgan fingerprint density at radius 2 is 2.00 bits per heavy atom. The van der Waals surface area contributed by atoms with Gasteiger partial charge in [0, 0.05) is 19.5 Å². The van der Waals surface area contributed by atoms with Crippen LogP contribution in [0, 0.1) is 11.3 Å². The summed E-state index contributed by atoms with van der Waals surface area (Å²) in [6, 6.07) is 0. The first-order valence-electron chi connectivity index (χ1n) is 6.37. The van der Waals surface area contributed by atoms with Gasteiger partial charge in [-0.3, -0.25) is 10.1 Å². The third-order valence-electron chi connectivity index (χ3n) is 3.19. The van der Waals surface area contributed by atoms with Crippen LogP contribution in [0.15, 0.2) is 0 Å². The Hall–Kier alpha value is -0.660. The number of rotatable bonds is 4. The van der Waals surface area contributed by atoms with E-state index >= 15 is 0 Å². The number of hydrogen-bond acceptors (Lipinski definition) is 5. The fourth-order valence-corrected chi connectivity index (χ4v) is 2.27. The summed E-state index contributed by atoms with van der Waals surface area (Å²) in [6.07, 6.45) is 1.56. The van der Waals surface area contributed by atoms with Gasteiger partial charge in [0.25, 0.3) is 0 Å². The van der Waals surface area contributed by atoms with Gasteiger partial charge in [-0.25, -0.2) is 12.7 Å². The lowest BCUT2D eigenvalue weighted by atomic mass is 9.97. The Kier molecular flexibility index (Phi) is 4.97. The first-order chi connectivity index (χ1) is 8.51. The van der Waals surface area contributed by atoms with Crippen molar-refractivity contribution in [2.24, 2.45) is 11.3 Å². The van der Waals surface area contributed by atoms with Crippen LogP contribution in [0.25, 0.3) is 0 Å². The summed E-state index contributed by atoms with van der Waals surface area (Å²) in [5.41, 5.74) is -0.558. The largest absolute Gasteiger partial charge is 0.446 e. The molecule has 0 aromatic heterocycles. The highest BCUT2D eigenvalue weighted by molar-refractivity contribution is 7.88. The predicted molar refractivity (Wildman–Crippen MR) is 72.9 cm³/mol. The molecule has 1 aliphatic rings. The zero-order chi connectivity index (χ0) is 14.8. The number of carbonyl (C=O) groups is 1. The van der Waals surface area contributed by atoms with Crippen molar-refractivity contribution >= 4 is 16.0 Å². The topological polar surface area (TPSA) is 75.7 Å². The lowest BCUT2D eigenvalue weighted by Crippen LogP contribution is -2.41. The van der Waals surface area contributed by atoms with Gasteiger partial charge in [-0.05, 0) is 33.7 Å². The third kappa shape index (κ3) is 4.74. The second-order valence-electron chi connectivity index (χ2n) is 6.12. The Morgan fingerprint density at radius 3 is 2.47 bits per heavy atom. The standard InChI is InChI=1S/C12H24N2O4S/c1-12(2,3)11(15)18-10-9(6-7-13-10)8-14(4)19(5,16)17/h9-10,13H,6-8H2,1-5H3. The van der Waals surface area contributed by atoms with Crippen molar-refractivity contribution in [2.45, 2.75) is 33.4 Å². The molecule has 1 aliphatic heterocycles. The number of hydrogen-bond donors (Lipinski definition) is 1. The van der Waals surface area contributed by atoms with E-state index in [0.29, 0.717) is 6.54 Å². The van der Waals surface area contributed by atoms with Gasteiger partial charge in [0.2, 0.25) is 10.0 Å². The van der Waals surface area contributed by atoms with Gasteiger partial charge in [0.05, 0.1) is 11.7 Å². The summed E-state index contributed by atoms with van der Waals surface area (Å²) < 4.78 is 29.5. The predicted octanol–water partition coefficient (Wildman–Crippen LogP) is 0.403. The summed E-state index contributed by atoms with van der Waals surface area (Å²) in [5.74, 6) is -0.287. The molecule has 2 atom stereocenters. The summed E-state index contributed by atoms with van der Waals surface area (Å²) in [7, 11) is -1.67. The molecule has 1 rings (SSSR count). The lowest BCUT2D eigenvalue weighted by molar-refractivity contribution is -0.161. The Bertz CT molecular complexity index is 428. The van der Waals surface area contributed by atoms with Gasteiger partial charge in [-0.2, -0.15) is 0 Å². The van der Waals surface area contributed by atoms with E-state index in [0.717, 1.165) is 13.0 Å². The Labute approximate surface area is 115 Å². The highest BCUT2D eigenvalue weighted by atomic mass is 32.2. The minimum Gasteiger partial charge on any atom is -0.446 e. The first-order valence-corrected chi connectivity index (χ1v) is 8.22. The molecule has 0 aromatic carbocycles. The monoisotopic (exact) mass is 292 g/mol. The van der Waals surface area contributed by atoms with Gasteiger partial charge in [0.1, 0.15) is 0 Å². The van der Waals surface area contributed by atoms with Crippen LogP contribution in [0.4, 0.5) is 0 Å². The maximum atomic E-state index is 11.9. The molecule has 2 unspecified atom stereocenters. The maximum Gasteiger partial charge on any atom is 0.312 e. The van der Waals surface area contributed by atoms with E-state index in [1.54, 1.807) is 20.8 Å². The van der Waals surface area contributed by atoms with Gasteiger partial charge in [0.15, 0.2) is 6.23 Å². The number of nitrogens with zero attached hydrogens (tertiary/aromatic N) is 1. The molecule has 1 N–H and O–H groups in total. The van der Waals surface area contributed by atoms with E-state index in [1.807, 2.05) is 0 Å². The van der Waals surface area contributed by atoms with E-state index in [9.17, 15) is 13.2 Å². The highest BCUT2D eigenvalue weighted by Gasteiger charge is 2.35. The second kappa shape index (κ2) is 5.76. The molecule has 112 valence electrons. The second-order valence-corrected chi connectivity index (χ2v) is 8.21. The van der Waals surface area contributed by atoms with Crippen molar-refractivity contribution in [1.29, 1.82) is 0 Å². The lowest BCUT2D eigenvalue weighted by Gasteiger charge is -2.26. The quantitative estimate of drug-likeness (QED) is 0.759. The molecule has 6 nitrogen and oxygen atoms in total. The van der Waals surface area contributed by atoms with Gasteiger partial charge < -0.3 is 4.74 Å². The minimum atomic E-state index is -3.21. The smallest absolute Gasteiger partial charge is 0.312 e. The van der Waals surface area contributed by atoms with Crippen molar-refractivity contribution in [2.75, 3.05) is 26.4 Å². The van der Waals surface area contributed by atoms with Crippen LogP contribution in [0.1, 0.15) is 27.2 Å². The molecule has 0 aliphatic carbocycles. The molecule has 19 heavy (non-hydrogen) atoms. The Morgan fingerprint density at radius 1 is 1.42 bits per heavy atom. The zero-order valence-corrected chi connectivity index (χ0v) is 13.1. The van der Waals surface area contributed by atoms with Crippen molar-refractivity contribution < 1.29 is 17.9 Å². The van der Waals surface area contributed by atoms with Gasteiger partial charge >= 0.3 is 5.97 Å². The number of ether oxygens (including phenoxy) is 1. The Balaban J connectivity index is 2.63. The molecular formula is C12H24N2O4S. The summed E-state index contributed by atoms with van der Waals surface area (Å²) in [5, 5.41) is 3.10. The van der Waals surface area contributed by atoms with Crippen molar-refractivity contribution in [3.05, 3.63) is 0 Å². The van der Waals surface area contributed by atoms with Crippen molar-refractivity contribution in [1.82, 2.24) is 9.62 Å². The molecular weight excluding hydrogens is 268 g/mol. The number of carbonyl (C=O) groups excluding carboxylic acids is 1. The molecule has 1 saturated heterocycles. The fourth-order valence-electron chi connectivity index (χ4n) is 1.81. The SMILES string of the molecule is CN(CC1CCNC1OC(=O)C(C)(C)C)S(C)(=O)=O. The van der Waals surface area contributed by atoms with E-state index < -0.39 is 21.7 Å². The number of nitrogens with one attached hydrogen (secondary N) is 1. The minimum absolute atomic E-state index is 0.00831. The van der Waals surface area contributed by atoms with E-state index in [1.165, 1.54) is 17.6 Å². The molecule has 0 amide bonds. The van der Waals surface area contributed by atoms with Crippen molar-refractivity contribution in [3.63, 3.8) is 0 Å². The third-order valence-corrected chi connectivity index (χ3v) is 4.47. The van der Waals surface area contributed by atoms with E-state index in [2.05, 4.69) is 5.32 Å². The zero-order valence-electron chi connectivity index (χ0n) is 12.3. The van der Waals surface area contributed by atoms with Gasteiger partial charge in [-0.1, -0.05) is 0 Å². The number of esters is 1. The average Bonchev–Trinajstić information content (AvgIpc) is 2.62. The van der Waals surface area contributed by atoms with Crippen LogP contribution in [-0.4, -0.2) is 51.3 Å².